The molecule has 1 heterocycles. The first-order valence-corrected chi connectivity index (χ1v) is 5.85. The third kappa shape index (κ3) is 2.34. The molecule has 1 aromatic rings. The topological polar surface area (TPSA) is 65.0 Å². The standard InChI is InChI=1S/C13H16O5/c1-7(2)17-11-6-10(15)9-4-5-16-12(9)13(11)18-8(3)14/h6-7,15H,4-5H2,1-3H3. The van der Waals surface area contributed by atoms with E-state index < -0.39 is 5.97 Å². The SMILES string of the molecule is CC(=O)Oc1c(OC(C)C)cc(O)c2c1OCC2. The third-order valence-electron chi connectivity index (χ3n) is 2.49. The van der Waals surface area contributed by atoms with E-state index in [-0.39, 0.29) is 17.6 Å². The van der Waals surface area contributed by atoms with Crippen molar-refractivity contribution in [3.8, 4) is 23.0 Å². The maximum absolute atomic E-state index is 11.1. The highest BCUT2D eigenvalue weighted by Crippen LogP contribution is 2.47. The van der Waals surface area contributed by atoms with E-state index in [0.29, 0.717) is 30.1 Å². The summed E-state index contributed by atoms with van der Waals surface area (Å²) in [7, 11) is 0. The second-order valence-electron chi connectivity index (χ2n) is 4.39. The summed E-state index contributed by atoms with van der Waals surface area (Å²) < 4.78 is 16.1. The molecule has 1 N–H and O–H groups in total. The summed E-state index contributed by atoms with van der Waals surface area (Å²) in [6.45, 7) is 5.47. The van der Waals surface area contributed by atoms with Crippen LogP contribution >= 0.6 is 0 Å². The van der Waals surface area contributed by atoms with Gasteiger partial charge >= 0.3 is 5.97 Å². The summed E-state index contributed by atoms with van der Waals surface area (Å²) in [5.74, 6) is 0.627. The van der Waals surface area contributed by atoms with Crippen molar-refractivity contribution in [3.05, 3.63) is 11.6 Å². The van der Waals surface area contributed by atoms with E-state index in [1.54, 1.807) is 0 Å². The molecule has 5 nitrogen and oxygen atoms in total. The summed E-state index contributed by atoms with van der Waals surface area (Å²) in [5, 5.41) is 9.88. The Kier molecular flexibility index (Phi) is 3.32. The third-order valence-corrected chi connectivity index (χ3v) is 2.49. The fourth-order valence-electron chi connectivity index (χ4n) is 1.87. The number of hydrogen-bond acceptors (Lipinski definition) is 5. The molecule has 2 rings (SSSR count). The molecule has 1 aliphatic rings. The lowest BCUT2D eigenvalue weighted by Crippen LogP contribution is -2.10. The maximum atomic E-state index is 11.1. The minimum Gasteiger partial charge on any atom is -0.507 e. The first-order chi connectivity index (χ1) is 8.49. The van der Waals surface area contributed by atoms with Gasteiger partial charge in [0.1, 0.15) is 5.75 Å². The first kappa shape index (κ1) is 12.5. The molecule has 0 amide bonds. The van der Waals surface area contributed by atoms with E-state index in [9.17, 15) is 9.90 Å². The van der Waals surface area contributed by atoms with Gasteiger partial charge in [0.25, 0.3) is 0 Å². The summed E-state index contributed by atoms with van der Waals surface area (Å²) in [6.07, 6.45) is 0.496. The van der Waals surface area contributed by atoms with Gasteiger partial charge in [0.15, 0.2) is 11.5 Å². The number of fused-ring (bicyclic) bond motifs is 1. The van der Waals surface area contributed by atoms with Crippen LogP contribution in [0.15, 0.2) is 6.07 Å². The Balaban J connectivity index is 2.50. The van der Waals surface area contributed by atoms with Gasteiger partial charge in [0.2, 0.25) is 5.75 Å². The normalized spacial score (nSPS) is 13.1. The molecule has 0 saturated heterocycles. The largest absolute Gasteiger partial charge is 0.507 e. The molecule has 0 atom stereocenters. The molecule has 5 heteroatoms. The second kappa shape index (κ2) is 4.76. The zero-order valence-corrected chi connectivity index (χ0v) is 10.6. The van der Waals surface area contributed by atoms with Crippen molar-refractivity contribution in [3.63, 3.8) is 0 Å². The van der Waals surface area contributed by atoms with Crippen LogP contribution in [0, 0.1) is 0 Å². The number of hydrogen-bond donors (Lipinski definition) is 1. The van der Waals surface area contributed by atoms with Gasteiger partial charge in [0, 0.05) is 25.0 Å². The molecule has 0 aromatic heterocycles. The van der Waals surface area contributed by atoms with Crippen LogP contribution in [0.5, 0.6) is 23.0 Å². The number of carbonyl (C=O) groups excluding carboxylic acids is 1. The second-order valence-corrected chi connectivity index (χ2v) is 4.39. The van der Waals surface area contributed by atoms with Gasteiger partial charge in [0.05, 0.1) is 12.7 Å². The molecule has 0 radical (unpaired) electrons. The van der Waals surface area contributed by atoms with Crippen LogP contribution in [0.1, 0.15) is 26.3 Å². The molecule has 1 aliphatic heterocycles. The Morgan fingerprint density at radius 3 is 2.83 bits per heavy atom. The molecular weight excluding hydrogens is 236 g/mol. The number of aromatic hydroxyl groups is 1. The van der Waals surface area contributed by atoms with Crippen LogP contribution in [0.25, 0.3) is 0 Å². The van der Waals surface area contributed by atoms with Crippen molar-refractivity contribution in [1.82, 2.24) is 0 Å². The number of phenols is 1. The Hall–Kier alpha value is -1.91. The Bertz CT molecular complexity index is 479. The van der Waals surface area contributed by atoms with Gasteiger partial charge in [-0.2, -0.15) is 0 Å². The Morgan fingerprint density at radius 2 is 2.22 bits per heavy atom. The molecule has 1 aromatic carbocycles. The van der Waals surface area contributed by atoms with Crippen molar-refractivity contribution in [2.24, 2.45) is 0 Å². The number of ether oxygens (including phenoxy) is 3. The van der Waals surface area contributed by atoms with E-state index >= 15 is 0 Å². The van der Waals surface area contributed by atoms with Crippen molar-refractivity contribution < 1.29 is 24.1 Å². The number of benzene rings is 1. The van der Waals surface area contributed by atoms with Crippen LogP contribution in [0.3, 0.4) is 0 Å². The molecule has 0 fully saturated rings. The van der Waals surface area contributed by atoms with E-state index in [2.05, 4.69) is 0 Å². The van der Waals surface area contributed by atoms with Crippen molar-refractivity contribution in [1.29, 1.82) is 0 Å². The number of phenolic OH excluding ortho intramolecular Hbond substituents is 1. The Morgan fingerprint density at radius 1 is 1.50 bits per heavy atom. The smallest absolute Gasteiger partial charge is 0.308 e. The zero-order chi connectivity index (χ0) is 13.3. The molecule has 0 saturated carbocycles. The van der Waals surface area contributed by atoms with Gasteiger partial charge in [-0.3, -0.25) is 4.79 Å². The van der Waals surface area contributed by atoms with Gasteiger partial charge in [-0.25, -0.2) is 0 Å². The van der Waals surface area contributed by atoms with Crippen LogP contribution in [-0.4, -0.2) is 23.8 Å². The Labute approximate surface area is 105 Å². The van der Waals surface area contributed by atoms with Crippen LogP contribution in [0.4, 0.5) is 0 Å². The highest BCUT2D eigenvalue weighted by molar-refractivity contribution is 5.74. The van der Waals surface area contributed by atoms with Gasteiger partial charge in [-0.1, -0.05) is 0 Å². The molecule has 0 unspecified atom stereocenters. The van der Waals surface area contributed by atoms with Crippen molar-refractivity contribution in [2.75, 3.05) is 6.61 Å². The van der Waals surface area contributed by atoms with Crippen molar-refractivity contribution in [2.45, 2.75) is 33.3 Å². The molecule has 0 aliphatic carbocycles. The molecule has 0 spiro atoms. The van der Waals surface area contributed by atoms with Gasteiger partial charge in [-0.05, 0) is 13.8 Å². The average molecular weight is 252 g/mol. The molecule has 0 bridgehead atoms. The van der Waals surface area contributed by atoms with Crippen LogP contribution in [-0.2, 0) is 11.2 Å². The first-order valence-electron chi connectivity index (χ1n) is 5.85. The van der Waals surface area contributed by atoms with Gasteiger partial charge in [-0.15, -0.1) is 0 Å². The quantitative estimate of drug-likeness (QED) is 0.658. The summed E-state index contributed by atoms with van der Waals surface area (Å²) in [5.41, 5.74) is 0.655. The number of rotatable bonds is 3. The van der Waals surface area contributed by atoms with E-state index in [1.165, 1.54) is 13.0 Å². The summed E-state index contributed by atoms with van der Waals surface area (Å²) in [6, 6.07) is 1.46. The maximum Gasteiger partial charge on any atom is 0.308 e. The van der Waals surface area contributed by atoms with E-state index in [4.69, 9.17) is 14.2 Å². The molecule has 18 heavy (non-hydrogen) atoms. The zero-order valence-electron chi connectivity index (χ0n) is 10.6. The highest BCUT2D eigenvalue weighted by Gasteiger charge is 2.27. The minimum atomic E-state index is -0.452. The van der Waals surface area contributed by atoms with E-state index in [1.807, 2.05) is 13.8 Å². The minimum absolute atomic E-state index is 0.0989. The van der Waals surface area contributed by atoms with Gasteiger partial charge < -0.3 is 19.3 Å². The number of esters is 1. The van der Waals surface area contributed by atoms with Crippen molar-refractivity contribution >= 4 is 5.97 Å². The van der Waals surface area contributed by atoms with Crippen LogP contribution in [0.2, 0.25) is 0 Å². The monoisotopic (exact) mass is 252 g/mol. The van der Waals surface area contributed by atoms with E-state index in [0.717, 1.165) is 0 Å². The predicted octanol–water partition coefficient (Wildman–Crippen LogP) is 2.04. The fraction of sp³-hybridized carbons (Fsp3) is 0.462. The van der Waals surface area contributed by atoms with Crippen LogP contribution < -0.4 is 14.2 Å². The molecule has 98 valence electrons. The lowest BCUT2D eigenvalue weighted by atomic mass is 10.1. The lowest BCUT2D eigenvalue weighted by Gasteiger charge is -2.16. The molecular formula is C13H16O5. The lowest BCUT2D eigenvalue weighted by molar-refractivity contribution is -0.132. The summed E-state index contributed by atoms with van der Waals surface area (Å²) in [4.78, 5) is 11.1. The highest BCUT2D eigenvalue weighted by atomic mass is 16.6. The average Bonchev–Trinajstić information content (AvgIpc) is 2.71. The summed E-state index contributed by atoms with van der Waals surface area (Å²) >= 11 is 0. The predicted molar refractivity (Wildman–Crippen MR) is 64.4 cm³/mol. The fourth-order valence-corrected chi connectivity index (χ4v) is 1.87. The number of carbonyl (C=O) groups is 1.